The molecule has 0 aromatic heterocycles. The molecule has 1 aliphatic rings. The Morgan fingerprint density at radius 2 is 2.06 bits per heavy atom. The van der Waals surface area contributed by atoms with Crippen LogP contribution in [0.25, 0.3) is 0 Å². The van der Waals surface area contributed by atoms with Crippen LogP contribution in [-0.2, 0) is 6.42 Å². The van der Waals surface area contributed by atoms with Crippen molar-refractivity contribution in [3.63, 3.8) is 0 Å². The number of benzene rings is 1. The molecule has 1 saturated carbocycles. The van der Waals surface area contributed by atoms with Crippen LogP contribution in [0.4, 0.5) is 4.39 Å². The zero-order valence-corrected chi connectivity index (χ0v) is 9.49. The highest BCUT2D eigenvalue weighted by Gasteiger charge is 2.34. The Kier molecular flexibility index (Phi) is 3.47. The molecule has 0 aliphatic heterocycles. The van der Waals surface area contributed by atoms with Gasteiger partial charge in [0.25, 0.3) is 0 Å². The smallest absolute Gasteiger partial charge is 0.127 e. The third-order valence-corrected chi connectivity index (χ3v) is 3.33. The van der Waals surface area contributed by atoms with Crippen LogP contribution >= 0.6 is 11.6 Å². The molecule has 0 bridgehead atoms. The van der Waals surface area contributed by atoms with Gasteiger partial charge in [0.2, 0.25) is 0 Å². The van der Waals surface area contributed by atoms with Crippen molar-refractivity contribution >= 4 is 11.6 Å². The number of rotatable bonds is 4. The fourth-order valence-corrected chi connectivity index (χ4v) is 2.05. The van der Waals surface area contributed by atoms with Gasteiger partial charge in [-0.3, -0.25) is 0 Å². The first-order valence-electron chi connectivity index (χ1n) is 5.38. The molecule has 2 atom stereocenters. The molecule has 2 N–H and O–H groups in total. The molecule has 0 saturated heterocycles. The number of aliphatic hydroxyl groups excluding tert-OH is 2. The van der Waals surface area contributed by atoms with Gasteiger partial charge in [0.15, 0.2) is 0 Å². The third kappa shape index (κ3) is 2.54. The van der Waals surface area contributed by atoms with Crippen molar-refractivity contribution in [1.82, 2.24) is 0 Å². The lowest BCUT2D eigenvalue weighted by Crippen LogP contribution is -2.30. The SMILES string of the molecule is OC(Cc1c(F)cccc1Cl)C(O)C1CC1. The van der Waals surface area contributed by atoms with E-state index in [9.17, 15) is 14.6 Å². The van der Waals surface area contributed by atoms with Gasteiger partial charge in [0, 0.05) is 17.0 Å². The average molecular weight is 245 g/mol. The minimum absolute atomic E-state index is 0.0587. The fourth-order valence-electron chi connectivity index (χ4n) is 1.81. The minimum atomic E-state index is -0.943. The Balaban J connectivity index is 2.07. The van der Waals surface area contributed by atoms with Gasteiger partial charge in [-0.25, -0.2) is 4.39 Å². The van der Waals surface area contributed by atoms with Gasteiger partial charge in [0.1, 0.15) is 5.82 Å². The van der Waals surface area contributed by atoms with E-state index in [0.29, 0.717) is 5.02 Å². The Hall–Kier alpha value is -0.640. The molecule has 1 aliphatic carbocycles. The molecular formula is C12H14ClFO2. The summed E-state index contributed by atoms with van der Waals surface area (Å²) in [6, 6.07) is 4.40. The van der Waals surface area contributed by atoms with E-state index < -0.39 is 18.0 Å². The monoisotopic (exact) mass is 244 g/mol. The Morgan fingerprint density at radius 3 is 2.62 bits per heavy atom. The maximum atomic E-state index is 13.4. The molecule has 0 heterocycles. The maximum absolute atomic E-state index is 13.4. The van der Waals surface area contributed by atoms with Crippen LogP contribution in [0.3, 0.4) is 0 Å². The zero-order chi connectivity index (χ0) is 11.7. The van der Waals surface area contributed by atoms with Gasteiger partial charge in [0.05, 0.1) is 12.2 Å². The van der Waals surface area contributed by atoms with Crippen LogP contribution in [-0.4, -0.2) is 22.4 Å². The summed E-state index contributed by atoms with van der Waals surface area (Å²) < 4.78 is 13.4. The topological polar surface area (TPSA) is 40.5 Å². The van der Waals surface area contributed by atoms with E-state index in [1.54, 1.807) is 6.07 Å². The molecule has 2 nitrogen and oxygen atoms in total. The summed E-state index contributed by atoms with van der Waals surface area (Å²) in [4.78, 5) is 0. The lowest BCUT2D eigenvalue weighted by molar-refractivity contribution is 0.00633. The number of hydrogen-bond donors (Lipinski definition) is 2. The molecule has 88 valence electrons. The third-order valence-electron chi connectivity index (χ3n) is 2.97. The van der Waals surface area contributed by atoms with Crippen molar-refractivity contribution in [2.75, 3.05) is 0 Å². The fraction of sp³-hybridized carbons (Fsp3) is 0.500. The summed E-state index contributed by atoms with van der Waals surface area (Å²) in [6.45, 7) is 0. The van der Waals surface area contributed by atoms with Crippen LogP contribution in [0.5, 0.6) is 0 Å². The Labute approximate surface area is 98.7 Å². The van der Waals surface area contributed by atoms with Crippen molar-refractivity contribution in [2.24, 2.45) is 5.92 Å². The van der Waals surface area contributed by atoms with E-state index in [-0.39, 0.29) is 17.9 Å². The van der Waals surface area contributed by atoms with Gasteiger partial charge < -0.3 is 10.2 Å². The number of aliphatic hydroxyl groups is 2. The second-order valence-electron chi connectivity index (χ2n) is 4.30. The minimum Gasteiger partial charge on any atom is -0.390 e. The van der Waals surface area contributed by atoms with Crippen molar-refractivity contribution < 1.29 is 14.6 Å². The highest BCUT2D eigenvalue weighted by atomic mass is 35.5. The second-order valence-corrected chi connectivity index (χ2v) is 4.71. The summed E-state index contributed by atoms with van der Waals surface area (Å²) in [5.41, 5.74) is 0.274. The quantitative estimate of drug-likeness (QED) is 0.852. The molecule has 0 spiro atoms. The van der Waals surface area contributed by atoms with Gasteiger partial charge in [-0.2, -0.15) is 0 Å². The molecule has 0 amide bonds. The molecule has 16 heavy (non-hydrogen) atoms. The number of hydrogen-bond acceptors (Lipinski definition) is 2. The van der Waals surface area contributed by atoms with Crippen molar-refractivity contribution in [3.05, 3.63) is 34.6 Å². The first kappa shape index (κ1) is 11.8. The normalized spacial score (nSPS) is 19.5. The largest absolute Gasteiger partial charge is 0.390 e. The molecular weight excluding hydrogens is 231 g/mol. The van der Waals surface area contributed by atoms with Gasteiger partial charge in [-0.15, -0.1) is 0 Å². The summed E-state index contributed by atoms with van der Waals surface area (Å²) >= 11 is 5.84. The van der Waals surface area contributed by atoms with Crippen LogP contribution in [0.2, 0.25) is 5.02 Å². The van der Waals surface area contributed by atoms with Crippen LogP contribution in [0, 0.1) is 11.7 Å². The van der Waals surface area contributed by atoms with Crippen molar-refractivity contribution in [2.45, 2.75) is 31.5 Å². The lowest BCUT2D eigenvalue weighted by Gasteiger charge is -2.18. The second kappa shape index (κ2) is 4.70. The van der Waals surface area contributed by atoms with E-state index in [0.717, 1.165) is 12.8 Å². The van der Waals surface area contributed by atoms with Crippen molar-refractivity contribution in [3.8, 4) is 0 Å². The van der Waals surface area contributed by atoms with E-state index >= 15 is 0 Å². The molecule has 2 rings (SSSR count). The molecule has 4 heteroatoms. The summed E-state index contributed by atoms with van der Waals surface area (Å²) in [5.74, 6) is -0.268. The van der Waals surface area contributed by atoms with Crippen molar-refractivity contribution in [1.29, 1.82) is 0 Å². The average Bonchev–Trinajstić information content (AvgIpc) is 3.06. The van der Waals surface area contributed by atoms with Gasteiger partial charge in [-0.05, 0) is 30.9 Å². The highest BCUT2D eigenvalue weighted by Crippen LogP contribution is 2.35. The summed E-state index contributed by atoms with van der Waals surface area (Å²) in [6.07, 6.45) is 0.216. The Bertz CT molecular complexity index is 359. The van der Waals surface area contributed by atoms with E-state index in [1.807, 2.05) is 0 Å². The predicted molar refractivity (Wildman–Crippen MR) is 59.9 cm³/mol. The molecule has 1 fully saturated rings. The maximum Gasteiger partial charge on any atom is 0.127 e. The summed E-state index contributed by atoms with van der Waals surface area (Å²) in [5, 5.41) is 19.7. The summed E-state index contributed by atoms with van der Waals surface area (Å²) in [7, 11) is 0. The number of halogens is 2. The zero-order valence-electron chi connectivity index (χ0n) is 8.74. The molecule has 0 radical (unpaired) electrons. The van der Waals surface area contributed by atoms with Gasteiger partial charge >= 0.3 is 0 Å². The Morgan fingerprint density at radius 1 is 1.38 bits per heavy atom. The van der Waals surface area contributed by atoms with Crippen LogP contribution in [0.1, 0.15) is 18.4 Å². The lowest BCUT2D eigenvalue weighted by atomic mass is 10.0. The first-order chi connectivity index (χ1) is 7.59. The van der Waals surface area contributed by atoms with E-state index in [2.05, 4.69) is 0 Å². The molecule has 1 aromatic carbocycles. The predicted octanol–water partition coefficient (Wildman–Crippen LogP) is 2.15. The van der Waals surface area contributed by atoms with Crippen LogP contribution < -0.4 is 0 Å². The molecule has 2 unspecified atom stereocenters. The molecule has 1 aromatic rings. The van der Waals surface area contributed by atoms with E-state index in [1.165, 1.54) is 12.1 Å². The highest BCUT2D eigenvalue weighted by molar-refractivity contribution is 6.31. The van der Waals surface area contributed by atoms with Gasteiger partial charge in [-0.1, -0.05) is 17.7 Å². The standard InChI is InChI=1S/C12H14ClFO2/c13-9-2-1-3-10(14)8(9)6-11(15)12(16)7-4-5-7/h1-3,7,11-12,15-16H,4-6H2. The van der Waals surface area contributed by atoms with Crippen LogP contribution in [0.15, 0.2) is 18.2 Å². The first-order valence-corrected chi connectivity index (χ1v) is 5.76. The van der Waals surface area contributed by atoms with E-state index in [4.69, 9.17) is 11.6 Å².